The molecule has 1 saturated carbocycles. The zero-order chi connectivity index (χ0) is 23.0. The predicted octanol–water partition coefficient (Wildman–Crippen LogP) is 3.04. The fourth-order valence-electron chi connectivity index (χ4n) is 3.64. The van der Waals surface area contributed by atoms with E-state index in [2.05, 4.69) is 32.7 Å². The molecule has 0 saturated heterocycles. The average Bonchev–Trinajstić information content (AvgIpc) is 3.13. The molecule has 0 aliphatic heterocycles. The Morgan fingerprint density at radius 1 is 1.16 bits per heavy atom. The number of aromatic nitrogens is 2. The van der Waals surface area contributed by atoms with Crippen LogP contribution in [0.25, 0.3) is 0 Å². The molecule has 1 fully saturated rings. The second-order valence-corrected chi connectivity index (χ2v) is 9.98. The molecule has 0 radical (unpaired) electrons. The van der Waals surface area contributed by atoms with Crippen molar-refractivity contribution in [1.82, 2.24) is 20.8 Å². The summed E-state index contributed by atoms with van der Waals surface area (Å²) in [5.74, 6) is 2.98. The van der Waals surface area contributed by atoms with Gasteiger partial charge in [0.1, 0.15) is 5.92 Å². The van der Waals surface area contributed by atoms with Crippen LogP contribution in [0.15, 0.2) is 9.64 Å². The quantitative estimate of drug-likeness (QED) is 0.464. The van der Waals surface area contributed by atoms with Crippen LogP contribution in [-0.2, 0) is 14.4 Å². The van der Waals surface area contributed by atoms with Crippen LogP contribution in [0, 0.1) is 23.7 Å². The van der Waals surface area contributed by atoms with Crippen LogP contribution in [0.5, 0.6) is 0 Å². The topological polar surface area (TPSA) is 114 Å². The Bertz CT molecular complexity index is 840. The van der Waals surface area contributed by atoms with Gasteiger partial charge in [0.25, 0.3) is 11.1 Å². The molecule has 31 heavy (non-hydrogen) atoms. The normalized spacial score (nSPS) is 19.5. The van der Waals surface area contributed by atoms with E-state index in [1.807, 2.05) is 27.7 Å². The lowest BCUT2D eigenvalue weighted by molar-refractivity contribution is -0.135. The highest BCUT2D eigenvalue weighted by Crippen LogP contribution is 2.29. The van der Waals surface area contributed by atoms with E-state index in [1.54, 1.807) is 6.92 Å². The number of amides is 3. The lowest BCUT2D eigenvalue weighted by Crippen LogP contribution is -2.50. The summed E-state index contributed by atoms with van der Waals surface area (Å²) in [5, 5.41) is 14.1. The van der Waals surface area contributed by atoms with Gasteiger partial charge >= 0.3 is 0 Å². The molecule has 1 heterocycles. The zero-order valence-electron chi connectivity index (χ0n) is 18.9. The highest BCUT2D eigenvalue weighted by atomic mass is 32.2. The first-order valence-electron chi connectivity index (χ1n) is 10.8. The second kappa shape index (κ2) is 11.9. The van der Waals surface area contributed by atoms with E-state index >= 15 is 0 Å². The minimum absolute atomic E-state index is 0.188. The SMILES string of the molecule is CC#CC(=O)N[C@H]1CCCC[C@H]1C(=O)NC(=O)C(CC(C)C)c1nnc(SC(C)C)o1. The van der Waals surface area contributed by atoms with Crippen molar-refractivity contribution in [3.8, 4) is 11.8 Å². The summed E-state index contributed by atoms with van der Waals surface area (Å²) in [6.07, 6.45) is 3.54. The molecule has 1 aromatic rings. The van der Waals surface area contributed by atoms with Crippen molar-refractivity contribution in [2.45, 2.75) is 89.2 Å². The summed E-state index contributed by atoms with van der Waals surface area (Å²) in [7, 11) is 0. The van der Waals surface area contributed by atoms with Crippen molar-refractivity contribution in [3.63, 3.8) is 0 Å². The molecular weight excluding hydrogens is 416 g/mol. The molecule has 1 aliphatic rings. The van der Waals surface area contributed by atoms with E-state index in [4.69, 9.17) is 4.42 Å². The molecule has 3 atom stereocenters. The first-order valence-corrected chi connectivity index (χ1v) is 11.7. The van der Waals surface area contributed by atoms with Crippen molar-refractivity contribution in [1.29, 1.82) is 0 Å². The average molecular weight is 449 g/mol. The van der Waals surface area contributed by atoms with E-state index in [0.717, 1.165) is 12.8 Å². The maximum Gasteiger partial charge on any atom is 0.296 e. The standard InChI is InChI=1S/C22H32N4O4S/c1-6-9-18(27)23-17-11-8-7-10-15(17)19(28)24-20(29)16(12-13(2)3)21-25-26-22(30-21)31-14(4)5/h13-17H,7-8,10-12H2,1-5H3,(H,23,27)(H,24,28,29)/t15-,16?,17+/m1/s1. The van der Waals surface area contributed by atoms with E-state index in [9.17, 15) is 14.4 Å². The number of nitrogens with zero attached hydrogens (tertiary/aromatic N) is 2. The molecule has 3 amide bonds. The van der Waals surface area contributed by atoms with Gasteiger partial charge in [0, 0.05) is 11.3 Å². The highest BCUT2D eigenvalue weighted by Gasteiger charge is 2.35. The van der Waals surface area contributed by atoms with Crippen LogP contribution < -0.4 is 10.6 Å². The number of hydrogen-bond donors (Lipinski definition) is 2. The molecule has 2 rings (SSSR count). The van der Waals surface area contributed by atoms with Crippen molar-refractivity contribution in [3.05, 3.63) is 5.89 Å². The van der Waals surface area contributed by atoms with Crippen LogP contribution in [0.2, 0.25) is 0 Å². The molecule has 1 aromatic heterocycles. The fraction of sp³-hybridized carbons (Fsp3) is 0.682. The smallest absolute Gasteiger partial charge is 0.296 e. The molecule has 170 valence electrons. The third-order valence-electron chi connectivity index (χ3n) is 4.98. The first kappa shape index (κ1) is 24.9. The number of rotatable bonds is 8. The molecular formula is C22H32N4O4S. The summed E-state index contributed by atoms with van der Waals surface area (Å²) < 4.78 is 5.70. The van der Waals surface area contributed by atoms with Crippen molar-refractivity contribution < 1.29 is 18.8 Å². The summed E-state index contributed by atoms with van der Waals surface area (Å²) in [6, 6.07) is -0.337. The zero-order valence-corrected chi connectivity index (χ0v) is 19.7. The Labute approximate surface area is 188 Å². The van der Waals surface area contributed by atoms with Crippen molar-refractivity contribution in [2.75, 3.05) is 0 Å². The van der Waals surface area contributed by atoms with E-state index in [-0.39, 0.29) is 29.0 Å². The molecule has 0 aromatic carbocycles. The summed E-state index contributed by atoms with van der Waals surface area (Å²) in [6.45, 7) is 9.59. The molecule has 1 aliphatic carbocycles. The van der Waals surface area contributed by atoms with Crippen LogP contribution >= 0.6 is 11.8 Å². The lowest BCUT2D eigenvalue weighted by Gasteiger charge is -2.30. The molecule has 8 nitrogen and oxygen atoms in total. The van der Waals surface area contributed by atoms with Crippen LogP contribution in [0.4, 0.5) is 0 Å². The molecule has 9 heteroatoms. The number of carbonyl (C=O) groups is 3. The first-order chi connectivity index (χ1) is 14.7. The van der Waals surface area contributed by atoms with Gasteiger partial charge in [-0.1, -0.05) is 58.2 Å². The Morgan fingerprint density at radius 2 is 1.87 bits per heavy atom. The Hall–Kier alpha value is -2.34. The maximum absolute atomic E-state index is 13.0. The number of imide groups is 1. The Morgan fingerprint density at radius 3 is 2.52 bits per heavy atom. The van der Waals surface area contributed by atoms with Gasteiger partial charge < -0.3 is 9.73 Å². The van der Waals surface area contributed by atoms with Crippen molar-refractivity contribution >= 4 is 29.5 Å². The van der Waals surface area contributed by atoms with E-state index in [0.29, 0.717) is 24.5 Å². The third-order valence-corrected chi connectivity index (χ3v) is 5.82. The van der Waals surface area contributed by atoms with Crippen LogP contribution in [0.1, 0.15) is 78.5 Å². The summed E-state index contributed by atoms with van der Waals surface area (Å²) >= 11 is 1.42. The number of hydrogen-bond acceptors (Lipinski definition) is 7. The van der Waals surface area contributed by atoms with Gasteiger partial charge in [-0.25, -0.2) is 0 Å². The summed E-state index contributed by atoms with van der Waals surface area (Å²) in [4.78, 5) is 37.8. The van der Waals surface area contributed by atoms with Gasteiger partial charge in [-0.2, -0.15) is 0 Å². The van der Waals surface area contributed by atoms with Gasteiger partial charge in [0.05, 0.1) is 5.92 Å². The maximum atomic E-state index is 13.0. The third kappa shape index (κ3) is 7.69. The number of nitrogens with one attached hydrogen (secondary N) is 2. The van der Waals surface area contributed by atoms with E-state index in [1.165, 1.54) is 11.8 Å². The van der Waals surface area contributed by atoms with E-state index < -0.39 is 23.7 Å². The van der Waals surface area contributed by atoms with Crippen LogP contribution in [0.3, 0.4) is 0 Å². The van der Waals surface area contributed by atoms with Crippen LogP contribution in [-0.4, -0.2) is 39.2 Å². The Balaban J connectivity index is 2.11. The molecule has 0 bridgehead atoms. The molecule has 2 N–H and O–H groups in total. The predicted molar refractivity (Wildman–Crippen MR) is 118 cm³/mol. The number of thioether (sulfide) groups is 1. The largest absolute Gasteiger partial charge is 0.415 e. The van der Waals surface area contributed by atoms with Gasteiger partial charge in [0.15, 0.2) is 0 Å². The summed E-state index contributed by atoms with van der Waals surface area (Å²) in [5.41, 5.74) is 0. The minimum atomic E-state index is -0.708. The molecule has 1 unspecified atom stereocenters. The Kier molecular flexibility index (Phi) is 9.56. The second-order valence-electron chi connectivity index (χ2n) is 8.45. The highest BCUT2D eigenvalue weighted by molar-refractivity contribution is 7.99. The van der Waals surface area contributed by atoms with Gasteiger partial charge in [-0.15, -0.1) is 10.2 Å². The lowest BCUT2D eigenvalue weighted by atomic mass is 9.83. The van der Waals surface area contributed by atoms with Crippen molar-refractivity contribution in [2.24, 2.45) is 11.8 Å². The molecule has 0 spiro atoms. The van der Waals surface area contributed by atoms with Gasteiger partial charge in [-0.3, -0.25) is 19.7 Å². The monoisotopic (exact) mass is 448 g/mol. The van der Waals surface area contributed by atoms with Gasteiger partial charge in [-0.05, 0) is 38.0 Å². The number of carbonyl (C=O) groups excluding carboxylic acids is 3. The fourth-order valence-corrected chi connectivity index (χ4v) is 4.26. The minimum Gasteiger partial charge on any atom is -0.415 e. The van der Waals surface area contributed by atoms with Gasteiger partial charge in [0.2, 0.25) is 17.7 Å².